The highest BCUT2D eigenvalue weighted by atomic mass is 15.1. The summed E-state index contributed by atoms with van der Waals surface area (Å²) >= 11 is 0. The van der Waals surface area contributed by atoms with E-state index in [2.05, 4.69) is 101 Å². The molecule has 2 aliphatic rings. The molecular weight excluding hydrogens is 352 g/mol. The average molecular weight is 386 g/mol. The van der Waals surface area contributed by atoms with Gasteiger partial charge in [0.15, 0.2) is 6.21 Å². The molecule has 0 amide bonds. The Morgan fingerprint density at radius 3 is 1.79 bits per heavy atom. The van der Waals surface area contributed by atoms with E-state index in [1.807, 2.05) is 0 Å². The average Bonchev–Trinajstić information content (AvgIpc) is 2.81. The van der Waals surface area contributed by atoms with Crippen LogP contribution in [-0.4, -0.2) is 41.9 Å². The maximum atomic E-state index is 2.45. The first-order valence-electron chi connectivity index (χ1n) is 11.1. The van der Waals surface area contributed by atoms with Gasteiger partial charge in [0.1, 0.15) is 13.1 Å². The molecule has 0 aliphatic carbocycles. The fourth-order valence-corrected chi connectivity index (χ4v) is 4.62. The molecule has 0 atom stereocenters. The van der Waals surface area contributed by atoms with E-state index < -0.39 is 0 Å². The number of benzene rings is 2. The van der Waals surface area contributed by atoms with E-state index in [0.717, 1.165) is 38.0 Å². The first-order valence-corrected chi connectivity index (χ1v) is 11.1. The fraction of sp³-hybridized carbons (Fsp3) is 0.370. The Bertz CT molecular complexity index is 817. The highest BCUT2D eigenvalue weighted by Crippen LogP contribution is 2.28. The number of hydrogen-bond acceptors (Lipinski definition) is 1. The summed E-state index contributed by atoms with van der Waals surface area (Å²) in [6.45, 7) is 4.61. The maximum Gasteiger partial charge on any atom is 0.163 e. The Kier molecular flexibility index (Phi) is 6.96. The fourth-order valence-electron chi connectivity index (χ4n) is 4.62. The first-order chi connectivity index (χ1) is 14.4. The van der Waals surface area contributed by atoms with E-state index in [1.165, 1.54) is 36.8 Å². The predicted molar refractivity (Wildman–Crippen MR) is 123 cm³/mol. The lowest BCUT2D eigenvalue weighted by atomic mass is 9.90. The summed E-state index contributed by atoms with van der Waals surface area (Å²) in [4.78, 5) is 2.45. The third-order valence-corrected chi connectivity index (χ3v) is 6.42. The predicted octanol–water partition coefficient (Wildman–Crippen LogP) is 5.60. The molecule has 29 heavy (non-hydrogen) atoms. The van der Waals surface area contributed by atoms with Crippen molar-refractivity contribution in [3.05, 3.63) is 96.2 Å². The van der Waals surface area contributed by atoms with E-state index >= 15 is 0 Å². The summed E-state index contributed by atoms with van der Waals surface area (Å²) in [5.74, 6) is 1.45. The monoisotopic (exact) mass is 385 g/mol. The number of allylic oxidation sites excluding steroid dienone is 3. The van der Waals surface area contributed by atoms with Crippen LogP contribution in [0.3, 0.4) is 0 Å². The van der Waals surface area contributed by atoms with E-state index in [0.29, 0.717) is 0 Å². The van der Waals surface area contributed by atoms with Gasteiger partial charge in [0.25, 0.3) is 0 Å². The second-order valence-electron chi connectivity index (χ2n) is 8.32. The van der Waals surface area contributed by atoms with Crippen LogP contribution in [0.5, 0.6) is 0 Å². The number of rotatable bonds is 5. The zero-order valence-corrected chi connectivity index (χ0v) is 17.4. The van der Waals surface area contributed by atoms with Crippen molar-refractivity contribution in [1.29, 1.82) is 0 Å². The molecule has 0 unspecified atom stereocenters. The third-order valence-electron chi connectivity index (χ3n) is 6.42. The van der Waals surface area contributed by atoms with E-state index in [1.54, 1.807) is 0 Å². The van der Waals surface area contributed by atoms with Crippen molar-refractivity contribution in [2.24, 2.45) is 0 Å². The van der Waals surface area contributed by atoms with Crippen LogP contribution in [0.15, 0.2) is 85.1 Å². The van der Waals surface area contributed by atoms with Crippen molar-refractivity contribution in [3.63, 3.8) is 0 Å². The molecule has 2 saturated heterocycles. The normalized spacial score (nSPS) is 21.2. The van der Waals surface area contributed by atoms with E-state index in [9.17, 15) is 0 Å². The van der Waals surface area contributed by atoms with Crippen LogP contribution in [0, 0.1) is 0 Å². The van der Waals surface area contributed by atoms with Gasteiger partial charge in [-0.25, -0.2) is 4.58 Å². The Morgan fingerprint density at radius 1 is 0.655 bits per heavy atom. The first kappa shape index (κ1) is 19.7. The Morgan fingerprint density at radius 2 is 1.21 bits per heavy atom. The second-order valence-corrected chi connectivity index (χ2v) is 8.32. The molecule has 4 rings (SSSR count). The largest absolute Gasteiger partial charge is 0.377 e. The minimum Gasteiger partial charge on any atom is -0.377 e. The molecule has 0 spiro atoms. The molecule has 0 bridgehead atoms. The Labute approximate surface area is 175 Å². The molecule has 0 radical (unpaired) electrons. The van der Waals surface area contributed by atoms with Crippen LogP contribution in [0.25, 0.3) is 0 Å². The van der Waals surface area contributed by atoms with Crippen LogP contribution in [0.2, 0.25) is 0 Å². The molecule has 0 aromatic heterocycles. The van der Waals surface area contributed by atoms with Gasteiger partial charge >= 0.3 is 0 Å². The minimum absolute atomic E-state index is 0.725. The topological polar surface area (TPSA) is 6.25 Å². The Balaban J connectivity index is 1.19. The van der Waals surface area contributed by atoms with Gasteiger partial charge in [-0.15, -0.1) is 0 Å². The van der Waals surface area contributed by atoms with Gasteiger partial charge in [0.05, 0.1) is 0 Å². The zero-order chi connectivity index (χ0) is 19.7. The van der Waals surface area contributed by atoms with Crippen molar-refractivity contribution in [3.8, 4) is 0 Å². The van der Waals surface area contributed by atoms with Gasteiger partial charge in [-0.1, -0.05) is 66.7 Å². The molecule has 2 heteroatoms. The van der Waals surface area contributed by atoms with Crippen LogP contribution in [0.1, 0.15) is 48.6 Å². The van der Waals surface area contributed by atoms with Gasteiger partial charge in [0, 0.05) is 32.0 Å². The van der Waals surface area contributed by atoms with Gasteiger partial charge in [0.2, 0.25) is 0 Å². The third kappa shape index (κ3) is 5.69. The van der Waals surface area contributed by atoms with Crippen LogP contribution < -0.4 is 0 Å². The highest BCUT2D eigenvalue weighted by Gasteiger charge is 2.21. The molecule has 0 saturated carbocycles. The van der Waals surface area contributed by atoms with Crippen molar-refractivity contribution in [2.75, 3.05) is 26.2 Å². The quantitative estimate of drug-likeness (QED) is 0.480. The summed E-state index contributed by atoms with van der Waals surface area (Å²) in [6.07, 6.45) is 16.1. The Hall–Kier alpha value is -2.61. The number of hydrogen-bond donors (Lipinski definition) is 0. The van der Waals surface area contributed by atoms with Crippen LogP contribution >= 0.6 is 0 Å². The summed E-state index contributed by atoms with van der Waals surface area (Å²) in [5, 5.41) is 0. The summed E-state index contributed by atoms with van der Waals surface area (Å²) < 4.78 is 2.45. The molecule has 2 aromatic carbocycles. The number of likely N-dealkylation sites (tertiary alicyclic amines) is 1. The SMILES string of the molecule is C(=CC=[N+]1CCC(c2ccccc2)CC1)C=CN1CCC(c2ccccc2)CC1. The summed E-state index contributed by atoms with van der Waals surface area (Å²) in [5.41, 5.74) is 3.00. The minimum atomic E-state index is 0.725. The lowest BCUT2D eigenvalue weighted by Crippen LogP contribution is -2.28. The number of nitrogens with zero attached hydrogens (tertiary/aromatic N) is 2. The van der Waals surface area contributed by atoms with Crippen molar-refractivity contribution in [2.45, 2.75) is 37.5 Å². The molecular formula is C27H33N2+. The van der Waals surface area contributed by atoms with Gasteiger partial charge in [-0.3, -0.25) is 0 Å². The molecule has 2 nitrogen and oxygen atoms in total. The van der Waals surface area contributed by atoms with Gasteiger partial charge < -0.3 is 4.90 Å². The molecule has 0 N–H and O–H groups in total. The highest BCUT2D eigenvalue weighted by molar-refractivity contribution is 5.66. The van der Waals surface area contributed by atoms with Crippen LogP contribution in [-0.2, 0) is 0 Å². The van der Waals surface area contributed by atoms with Crippen LogP contribution in [0.4, 0.5) is 0 Å². The van der Waals surface area contributed by atoms with Gasteiger partial charge in [-0.05, 0) is 48.1 Å². The molecule has 2 heterocycles. The molecule has 2 aromatic rings. The molecule has 2 fully saturated rings. The van der Waals surface area contributed by atoms with Crippen molar-refractivity contribution < 1.29 is 4.58 Å². The maximum absolute atomic E-state index is 2.45. The second kappa shape index (κ2) is 10.2. The van der Waals surface area contributed by atoms with E-state index in [4.69, 9.17) is 0 Å². The van der Waals surface area contributed by atoms with Gasteiger partial charge in [-0.2, -0.15) is 0 Å². The lowest BCUT2D eigenvalue weighted by Gasteiger charge is -2.31. The van der Waals surface area contributed by atoms with Crippen molar-refractivity contribution >= 4 is 6.21 Å². The van der Waals surface area contributed by atoms with E-state index in [-0.39, 0.29) is 0 Å². The van der Waals surface area contributed by atoms with Crippen molar-refractivity contribution in [1.82, 2.24) is 4.90 Å². The zero-order valence-electron chi connectivity index (χ0n) is 17.4. The number of piperidine rings is 2. The smallest absolute Gasteiger partial charge is 0.163 e. The molecule has 150 valence electrons. The lowest BCUT2D eigenvalue weighted by molar-refractivity contribution is -0.533. The summed E-state index contributed by atoms with van der Waals surface area (Å²) in [7, 11) is 0. The summed E-state index contributed by atoms with van der Waals surface area (Å²) in [6, 6.07) is 22.0. The molecule has 2 aliphatic heterocycles. The standard InChI is InChI=1S/C27H33N2/c1-4-10-24(11-5-1)26-14-20-28(21-15-26)18-8-3-9-19-29-22-16-27(17-23-29)25-12-6-2-7-13-25/h1-13,18-19,26-27H,14-17,20-23H2/q+1.